The number of hydrogen-bond acceptors (Lipinski definition) is 4. The van der Waals surface area contributed by atoms with Crippen LogP contribution in [0.3, 0.4) is 0 Å². The number of ether oxygens (including phenoxy) is 1. The smallest absolute Gasteiger partial charge is 0.361 e. The summed E-state index contributed by atoms with van der Waals surface area (Å²) >= 11 is 0. The van der Waals surface area contributed by atoms with Crippen molar-refractivity contribution in [2.45, 2.75) is 39.3 Å². The van der Waals surface area contributed by atoms with E-state index in [0.717, 1.165) is 0 Å². The second kappa shape index (κ2) is 5.63. The molecule has 2 rings (SSSR count). The summed E-state index contributed by atoms with van der Waals surface area (Å²) in [4.78, 5) is 12.0. The van der Waals surface area contributed by atoms with E-state index in [1.165, 1.54) is 12.1 Å². The van der Waals surface area contributed by atoms with Gasteiger partial charge in [0.2, 0.25) is 0 Å². The van der Waals surface area contributed by atoms with Gasteiger partial charge in [-0.25, -0.2) is 13.9 Å². The minimum Gasteiger partial charge on any atom is -0.453 e. The molecule has 0 aliphatic carbocycles. The van der Waals surface area contributed by atoms with Gasteiger partial charge in [0.1, 0.15) is 11.9 Å². The number of halogens is 1. The van der Waals surface area contributed by atoms with Gasteiger partial charge in [0, 0.05) is 0 Å². The van der Waals surface area contributed by atoms with E-state index in [9.17, 15) is 9.18 Å². The van der Waals surface area contributed by atoms with Crippen molar-refractivity contribution in [2.75, 3.05) is 0 Å². The summed E-state index contributed by atoms with van der Waals surface area (Å²) in [5, 5.41) is 7.72. The molecule has 0 amide bonds. The van der Waals surface area contributed by atoms with E-state index in [2.05, 4.69) is 10.3 Å². The molecule has 0 fully saturated rings. The van der Waals surface area contributed by atoms with Crippen molar-refractivity contribution in [3.8, 4) is 0 Å². The first-order chi connectivity index (χ1) is 9.77. The average Bonchev–Trinajstić information content (AvgIpc) is 2.88. The maximum Gasteiger partial charge on any atom is 0.361 e. The second-order valence-corrected chi connectivity index (χ2v) is 5.82. The maximum absolute atomic E-state index is 13.2. The first kappa shape index (κ1) is 15.2. The molecule has 0 N–H and O–H groups in total. The predicted molar refractivity (Wildman–Crippen MR) is 75.2 cm³/mol. The summed E-state index contributed by atoms with van der Waals surface area (Å²) in [6.07, 6.45) is 0.980. The Morgan fingerprint density at radius 2 is 2.10 bits per heavy atom. The minimum absolute atomic E-state index is 0.133. The molecular formula is C15H18FN3O2. The fourth-order valence-electron chi connectivity index (χ4n) is 1.73. The van der Waals surface area contributed by atoms with Gasteiger partial charge in [-0.05, 0) is 45.4 Å². The standard InChI is InChI=1S/C15H18FN3O2/c1-10(11-6-5-7-12(16)8-11)21-14(20)13-9-19(18-17-13)15(2,3)4/h5-10H,1-4H3/t10-/m1/s1. The maximum atomic E-state index is 13.2. The fourth-order valence-corrected chi connectivity index (χ4v) is 1.73. The molecule has 1 aromatic carbocycles. The molecule has 0 radical (unpaired) electrons. The van der Waals surface area contributed by atoms with Gasteiger partial charge < -0.3 is 4.74 Å². The van der Waals surface area contributed by atoms with Crippen molar-refractivity contribution in [3.05, 3.63) is 47.5 Å². The normalized spacial score (nSPS) is 13.0. The third-order valence-corrected chi connectivity index (χ3v) is 2.99. The van der Waals surface area contributed by atoms with Crippen molar-refractivity contribution in [3.63, 3.8) is 0 Å². The molecule has 0 aliphatic heterocycles. The molecule has 21 heavy (non-hydrogen) atoms. The minimum atomic E-state index is -0.581. The van der Waals surface area contributed by atoms with Crippen LogP contribution in [0.25, 0.3) is 0 Å². The SMILES string of the molecule is C[C@@H](OC(=O)c1cn(C(C)(C)C)nn1)c1cccc(F)c1. The number of hydrogen-bond donors (Lipinski definition) is 0. The number of nitrogens with zero attached hydrogens (tertiary/aromatic N) is 3. The largest absolute Gasteiger partial charge is 0.453 e. The third kappa shape index (κ3) is 3.65. The van der Waals surface area contributed by atoms with Crippen LogP contribution < -0.4 is 0 Å². The Balaban J connectivity index is 2.09. The van der Waals surface area contributed by atoms with Crippen LogP contribution >= 0.6 is 0 Å². The summed E-state index contributed by atoms with van der Waals surface area (Å²) in [5.41, 5.74) is 0.458. The van der Waals surface area contributed by atoms with Gasteiger partial charge >= 0.3 is 5.97 Å². The molecule has 0 bridgehead atoms. The van der Waals surface area contributed by atoms with E-state index in [1.54, 1.807) is 29.9 Å². The topological polar surface area (TPSA) is 57.0 Å². The average molecular weight is 291 g/mol. The molecule has 0 unspecified atom stereocenters. The molecule has 1 aromatic heterocycles. The van der Waals surface area contributed by atoms with Crippen molar-refractivity contribution < 1.29 is 13.9 Å². The molecule has 0 saturated carbocycles. The molecule has 112 valence electrons. The molecule has 1 heterocycles. The van der Waals surface area contributed by atoms with Crippen LogP contribution in [-0.2, 0) is 10.3 Å². The van der Waals surface area contributed by atoms with E-state index in [0.29, 0.717) is 5.56 Å². The fraction of sp³-hybridized carbons (Fsp3) is 0.400. The highest BCUT2D eigenvalue weighted by Gasteiger charge is 2.21. The number of rotatable bonds is 3. The molecule has 0 aliphatic rings. The molecule has 6 heteroatoms. The Morgan fingerprint density at radius 1 is 1.38 bits per heavy atom. The lowest BCUT2D eigenvalue weighted by Crippen LogP contribution is -2.22. The number of carbonyl (C=O) groups is 1. The highest BCUT2D eigenvalue weighted by Crippen LogP contribution is 2.19. The van der Waals surface area contributed by atoms with Crippen LogP contribution in [0.5, 0.6) is 0 Å². The monoisotopic (exact) mass is 291 g/mol. The molecule has 0 spiro atoms. The second-order valence-electron chi connectivity index (χ2n) is 5.82. The van der Waals surface area contributed by atoms with Gasteiger partial charge in [-0.2, -0.15) is 0 Å². The van der Waals surface area contributed by atoms with E-state index < -0.39 is 12.1 Å². The van der Waals surface area contributed by atoms with Crippen LogP contribution in [0, 0.1) is 5.82 Å². The van der Waals surface area contributed by atoms with Gasteiger partial charge in [0.15, 0.2) is 5.69 Å². The lowest BCUT2D eigenvalue weighted by molar-refractivity contribution is 0.0330. The van der Waals surface area contributed by atoms with Gasteiger partial charge in [-0.3, -0.25) is 0 Å². The summed E-state index contributed by atoms with van der Waals surface area (Å²) in [6, 6.07) is 5.95. The van der Waals surface area contributed by atoms with Crippen LogP contribution in [-0.4, -0.2) is 21.0 Å². The number of aromatic nitrogens is 3. The summed E-state index contributed by atoms with van der Waals surface area (Å²) in [7, 11) is 0. The van der Waals surface area contributed by atoms with Crippen molar-refractivity contribution in [1.29, 1.82) is 0 Å². The van der Waals surface area contributed by atoms with Crippen LogP contribution in [0.2, 0.25) is 0 Å². The van der Waals surface area contributed by atoms with E-state index >= 15 is 0 Å². The van der Waals surface area contributed by atoms with Crippen LogP contribution in [0.4, 0.5) is 4.39 Å². The first-order valence-corrected chi connectivity index (χ1v) is 6.66. The van der Waals surface area contributed by atoms with Crippen LogP contribution in [0.15, 0.2) is 30.5 Å². The molecular weight excluding hydrogens is 273 g/mol. The van der Waals surface area contributed by atoms with E-state index in [-0.39, 0.29) is 17.1 Å². The lowest BCUT2D eigenvalue weighted by Gasteiger charge is -2.17. The van der Waals surface area contributed by atoms with E-state index in [1.807, 2.05) is 20.8 Å². The molecule has 5 nitrogen and oxygen atoms in total. The predicted octanol–water partition coefficient (Wildman–Crippen LogP) is 3.09. The quantitative estimate of drug-likeness (QED) is 0.815. The molecule has 0 saturated heterocycles. The van der Waals surface area contributed by atoms with Crippen molar-refractivity contribution in [1.82, 2.24) is 15.0 Å². The zero-order valence-electron chi connectivity index (χ0n) is 12.5. The summed E-state index contributed by atoms with van der Waals surface area (Å²) in [6.45, 7) is 7.53. The lowest BCUT2D eigenvalue weighted by atomic mass is 10.1. The van der Waals surface area contributed by atoms with Crippen molar-refractivity contribution in [2.24, 2.45) is 0 Å². The number of carbonyl (C=O) groups excluding carboxylic acids is 1. The zero-order valence-corrected chi connectivity index (χ0v) is 12.5. The van der Waals surface area contributed by atoms with Crippen LogP contribution in [0.1, 0.15) is 49.9 Å². The highest BCUT2D eigenvalue weighted by molar-refractivity contribution is 5.86. The molecule has 2 aromatic rings. The Bertz CT molecular complexity index is 646. The van der Waals surface area contributed by atoms with Gasteiger partial charge in [0.05, 0.1) is 11.7 Å². The zero-order chi connectivity index (χ0) is 15.6. The highest BCUT2D eigenvalue weighted by atomic mass is 19.1. The summed E-state index contributed by atoms with van der Waals surface area (Å²) < 4.78 is 20.0. The summed E-state index contributed by atoms with van der Waals surface area (Å²) in [5.74, 6) is -0.948. The van der Waals surface area contributed by atoms with Gasteiger partial charge in [0.25, 0.3) is 0 Å². The first-order valence-electron chi connectivity index (χ1n) is 6.66. The Kier molecular flexibility index (Phi) is 4.06. The Labute approximate surface area is 122 Å². The van der Waals surface area contributed by atoms with Gasteiger partial charge in [-0.1, -0.05) is 17.3 Å². The third-order valence-electron chi connectivity index (χ3n) is 2.99. The van der Waals surface area contributed by atoms with Crippen molar-refractivity contribution >= 4 is 5.97 Å². The number of esters is 1. The number of benzene rings is 1. The Hall–Kier alpha value is -2.24. The molecule has 1 atom stereocenters. The Morgan fingerprint density at radius 3 is 2.67 bits per heavy atom. The van der Waals surface area contributed by atoms with Gasteiger partial charge in [-0.15, -0.1) is 5.10 Å². The van der Waals surface area contributed by atoms with E-state index in [4.69, 9.17) is 4.74 Å².